The lowest BCUT2D eigenvalue weighted by atomic mass is 9.54. The molecule has 0 heterocycles. The van der Waals surface area contributed by atoms with Crippen LogP contribution in [0.3, 0.4) is 0 Å². The van der Waals surface area contributed by atoms with Gasteiger partial charge in [0.05, 0.1) is 11.2 Å². The molecule has 2 nitrogen and oxygen atoms in total. The maximum atomic E-state index is 10.7. The Kier molecular flexibility index (Phi) is 2.95. The van der Waals surface area contributed by atoms with E-state index in [9.17, 15) is 10.2 Å². The number of hydrogen-bond acceptors (Lipinski definition) is 2. The van der Waals surface area contributed by atoms with Gasteiger partial charge in [-0.3, -0.25) is 0 Å². The molecule has 2 rings (SSSR count). The smallest absolute Gasteiger partial charge is 0.0934 e. The van der Waals surface area contributed by atoms with Crippen LogP contribution < -0.4 is 0 Å². The normalized spacial score (nSPS) is 43.4. The number of aliphatic hydroxyl groups is 2. The fourth-order valence-electron chi connectivity index (χ4n) is 3.74. The first-order valence-electron chi connectivity index (χ1n) is 6.80. The summed E-state index contributed by atoms with van der Waals surface area (Å²) in [5, 5.41) is 20.9. The van der Waals surface area contributed by atoms with E-state index in [1.165, 1.54) is 18.4 Å². The number of allylic oxidation sites excluding steroid dienone is 1. The van der Waals surface area contributed by atoms with E-state index in [1.54, 1.807) is 13.8 Å². The maximum Gasteiger partial charge on any atom is 0.0934 e. The van der Waals surface area contributed by atoms with E-state index < -0.39 is 11.2 Å². The van der Waals surface area contributed by atoms with Gasteiger partial charge in [0.2, 0.25) is 0 Å². The highest BCUT2D eigenvalue weighted by Gasteiger charge is 2.53. The van der Waals surface area contributed by atoms with Gasteiger partial charge in [0.25, 0.3) is 0 Å². The van der Waals surface area contributed by atoms with E-state index in [-0.39, 0.29) is 0 Å². The van der Waals surface area contributed by atoms with Gasteiger partial charge in [0.15, 0.2) is 0 Å². The molecule has 0 aromatic rings. The summed E-state index contributed by atoms with van der Waals surface area (Å²) >= 11 is 0. The Hall–Kier alpha value is -0.340. The molecule has 0 spiro atoms. The molecule has 0 amide bonds. The molecule has 17 heavy (non-hydrogen) atoms. The summed E-state index contributed by atoms with van der Waals surface area (Å²) in [5.74, 6) is 0.376. The van der Waals surface area contributed by atoms with Crippen molar-refractivity contribution in [2.75, 3.05) is 0 Å². The third kappa shape index (κ3) is 2.06. The molecule has 98 valence electrons. The van der Waals surface area contributed by atoms with Gasteiger partial charge >= 0.3 is 0 Å². The van der Waals surface area contributed by atoms with Crippen LogP contribution in [0, 0.1) is 11.3 Å². The van der Waals surface area contributed by atoms with Gasteiger partial charge in [0, 0.05) is 0 Å². The van der Waals surface area contributed by atoms with E-state index in [0.29, 0.717) is 24.2 Å². The second-order valence-electron chi connectivity index (χ2n) is 7.01. The summed E-state index contributed by atoms with van der Waals surface area (Å²) < 4.78 is 0. The average molecular weight is 238 g/mol. The van der Waals surface area contributed by atoms with Gasteiger partial charge in [-0.1, -0.05) is 19.1 Å². The van der Waals surface area contributed by atoms with Crippen molar-refractivity contribution >= 4 is 0 Å². The van der Waals surface area contributed by atoms with Gasteiger partial charge < -0.3 is 10.2 Å². The van der Waals surface area contributed by atoms with Crippen molar-refractivity contribution in [2.45, 2.75) is 70.5 Å². The van der Waals surface area contributed by atoms with Crippen molar-refractivity contribution in [1.29, 1.82) is 0 Å². The van der Waals surface area contributed by atoms with E-state index in [2.05, 4.69) is 13.5 Å². The zero-order valence-corrected chi connectivity index (χ0v) is 11.4. The fraction of sp³-hybridized carbons (Fsp3) is 0.867. The van der Waals surface area contributed by atoms with Crippen LogP contribution in [-0.4, -0.2) is 21.4 Å². The number of rotatable bonds is 1. The van der Waals surface area contributed by atoms with Crippen LogP contribution in [0.25, 0.3) is 0 Å². The van der Waals surface area contributed by atoms with Crippen LogP contribution in [-0.2, 0) is 0 Å². The first-order chi connectivity index (χ1) is 7.68. The second-order valence-corrected chi connectivity index (χ2v) is 7.01. The van der Waals surface area contributed by atoms with Gasteiger partial charge in [-0.05, 0) is 63.7 Å². The van der Waals surface area contributed by atoms with Crippen molar-refractivity contribution in [2.24, 2.45) is 11.3 Å². The summed E-state index contributed by atoms with van der Waals surface area (Å²) in [5.41, 5.74) is -0.391. The zero-order chi connectivity index (χ0) is 12.9. The number of hydrogen-bond donors (Lipinski definition) is 2. The molecule has 0 aromatic carbocycles. The molecule has 0 unspecified atom stereocenters. The minimum atomic E-state index is -1.02. The summed E-state index contributed by atoms with van der Waals surface area (Å²) in [6.07, 6.45) is 5.92. The van der Waals surface area contributed by atoms with Crippen LogP contribution in [0.15, 0.2) is 12.2 Å². The molecule has 2 aliphatic rings. The lowest BCUT2D eigenvalue weighted by Crippen LogP contribution is -2.56. The van der Waals surface area contributed by atoms with Crippen LogP contribution in [0.5, 0.6) is 0 Å². The molecule has 0 aromatic heterocycles. The topological polar surface area (TPSA) is 40.5 Å². The van der Waals surface area contributed by atoms with E-state index in [4.69, 9.17) is 0 Å². The number of fused-ring (bicyclic) bond motifs is 1. The lowest BCUT2D eigenvalue weighted by molar-refractivity contribution is -0.174. The third-order valence-corrected chi connectivity index (χ3v) is 5.37. The first kappa shape index (κ1) is 13.1. The summed E-state index contributed by atoms with van der Waals surface area (Å²) in [6.45, 7) is 9.97. The van der Waals surface area contributed by atoms with Gasteiger partial charge in [-0.15, -0.1) is 0 Å². The van der Waals surface area contributed by atoms with Crippen molar-refractivity contribution in [3.8, 4) is 0 Å². The molecule has 2 saturated carbocycles. The molecule has 0 bridgehead atoms. The quantitative estimate of drug-likeness (QED) is 0.689. The van der Waals surface area contributed by atoms with Crippen LogP contribution >= 0.6 is 0 Å². The molecule has 2 fully saturated rings. The Labute approximate surface area is 105 Å². The summed E-state index contributed by atoms with van der Waals surface area (Å²) in [4.78, 5) is 0. The molecular formula is C15H26O2. The minimum absolute atomic E-state index is 0.298. The Balaban J connectivity index is 2.25. The lowest BCUT2D eigenvalue weighted by Gasteiger charge is -2.54. The summed E-state index contributed by atoms with van der Waals surface area (Å²) in [7, 11) is 0. The van der Waals surface area contributed by atoms with Crippen LogP contribution in [0.1, 0.15) is 59.3 Å². The van der Waals surface area contributed by atoms with E-state index in [0.717, 1.165) is 12.8 Å². The zero-order valence-electron chi connectivity index (χ0n) is 11.4. The standard InChI is InChI=1S/C15H26O2/c1-11-6-5-7-14(4)8-9-15(17,10-12(11)14)13(2,3)16/h12,16-17H,1,5-10H2,2-4H3/t12-,14+,15-/m0/s1. The first-order valence-corrected chi connectivity index (χ1v) is 6.80. The van der Waals surface area contributed by atoms with Crippen molar-refractivity contribution in [3.05, 3.63) is 12.2 Å². The highest BCUT2D eigenvalue weighted by atomic mass is 16.4. The van der Waals surface area contributed by atoms with Crippen LogP contribution in [0.4, 0.5) is 0 Å². The van der Waals surface area contributed by atoms with Gasteiger partial charge in [-0.2, -0.15) is 0 Å². The Bertz CT molecular complexity index is 328. The van der Waals surface area contributed by atoms with Crippen molar-refractivity contribution in [3.63, 3.8) is 0 Å². The highest BCUT2D eigenvalue weighted by Crippen LogP contribution is 2.56. The largest absolute Gasteiger partial charge is 0.387 e. The Morgan fingerprint density at radius 1 is 1.29 bits per heavy atom. The predicted octanol–water partition coefficient (Wildman–Crippen LogP) is 3.03. The SMILES string of the molecule is C=C1CCC[C@]2(C)CC[C@@](O)(C(C)(C)O)C[C@@H]12. The molecular weight excluding hydrogens is 212 g/mol. The molecule has 3 atom stereocenters. The second kappa shape index (κ2) is 3.83. The van der Waals surface area contributed by atoms with Crippen molar-refractivity contribution < 1.29 is 10.2 Å². The van der Waals surface area contributed by atoms with Gasteiger partial charge in [-0.25, -0.2) is 0 Å². The molecule has 0 saturated heterocycles. The fourth-order valence-corrected chi connectivity index (χ4v) is 3.74. The molecule has 2 N–H and O–H groups in total. The monoisotopic (exact) mass is 238 g/mol. The molecule has 0 aliphatic heterocycles. The van der Waals surface area contributed by atoms with Crippen molar-refractivity contribution in [1.82, 2.24) is 0 Å². The predicted molar refractivity (Wildman–Crippen MR) is 69.7 cm³/mol. The Morgan fingerprint density at radius 3 is 2.53 bits per heavy atom. The average Bonchev–Trinajstić information content (AvgIpc) is 2.19. The van der Waals surface area contributed by atoms with E-state index >= 15 is 0 Å². The molecule has 0 radical (unpaired) electrons. The third-order valence-electron chi connectivity index (χ3n) is 5.37. The van der Waals surface area contributed by atoms with Crippen LogP contribution in [0.2, 0.25) is 0 Å². The van der Waals surface area contributed by atoms with E-state index in [1.807, 2.05) is 0 Å². The summed E-state index contributed by atoms with van der Waals surface area (Å²) in [6, 6.07) is 0. The Morgan fingerprint density at radius 2 is 1.94 bits per heavy atom. The molecule has 2 heteroatoms. The van der Waals surface area contributed by atoms with Gasteiger partial charge in [0.1, 0.15) is 0 Å². The highest BCUT2D eigenvalue weighted by molar-refractivity contribution is 5.16. The maximum absolute atomic E-state index is 10.7. The minimum Gasteiger partial charge on any atom is -0.387 e. The molecule has 2 aliphatic carbocycles.